The number of carbonyl (C=O) groups is 1. The third-order valence-corrected chi connectivity index (χ3v) is 1.67. The normalized spacial score (nSPS) is 10.6. The Balaban J connectivity index is 3.07. The van der Waals surface area contributed by atoms with Gasteiger partial charge >= 0.3 is 5.97 Å². The summed E-state index contributed by atoms with van der Waals surface area (Å²) in [5.74, 6) is -0.986. The van der Waals surface area contributed by atoms with Crippen molar-refractivity contribution < 1.29 is 9.90 Å². The number of aromatic carboxylic acids is 1. The Labute approximate surface area is 81.8 Å². The molecular weight excluding hydrogens is 180 g/mol. The van der Waals surface area contributed by atoms with Gasteiger partial charge < -0.3 is 16.6 Å². The lowest BCUT2D eigenvalue weighted by molar-refractivity contribution is 0.0697. The predicted octanol–water partition coefficient (Wildman–Crippen LogP) is 0.939. The highest BCUT2D eigenvalue weighted by molar-refractivity contribution is 5.89. The second kappa shape index (κ2) is 4.43. The van der Waals surface area contributed by atoms with Gasteiger partial charge in [-0.15, -0.1) is 0 Å². The number of hydrogen-bond donors (Lipinski definition) is 3. The summed E-state index contributed by atoms with van der Waals surface area (Å²) in [7, 11) is 0. The highest BCUT2D eigenvalue weighted by Gasteiger charge is 2.03. The van der Waals surface area contributed by atoms with E-state index in [1.54, 1.807) is 24.3 Å². The molecule has 0 amide bonds. The Morgan fingerprint density at radius 2 is 2.14 bits per heavy atom. The second-order valence-electron chi connectivity index (χ2n) is 2.83. The minimum absolute atomic E-state index is 0.182. The van der Waals surface area contributed by atoms with E-state index in [4.69, 9.17) is 16.6 Å². The van der Waals surface area contributed by atoms with E-state index in [0.717, 1.165) is 5.56 Å². The molecule has 0 aliphatic heterocycles. The first-order valence-corrected chi connectivity index (χ1v) is 4.14. The second-order valence-corrected chi connectivity index (χ2v) is 2.83. The molecule has 1 rings (SSSR count). The molecule has 0 spiro atoms. The zero-order chi connectivity index (χ0) is 10.6. The lowest BCUT2D eigenvalue weighted by atomic mass is 10.1. The molecule has 74 valence electrons. The molecule has 1 aromatic rings. The molecule has 0 bridgehead atoms. The highest BCUT2D eigenvalue weighted by atomic mass is 16.4. The summed E-state index contributed by atoms with van der Waals surface area (Å²) in [5, 5.41) is 8.75. The van der Waals surface area contributed by atoms with Crippen molar-refractivity contribution in [2.45, 2.75) is 0 Å². The first kappa shape index (κ1) is 10.3. The van der Waals surface area contributed by atoms with Crippen molar-refractivity contribution in [1.29, 1.82) is 0 Å². The maximum atomic E-state index is 10.7. The number of carboxylic acid groups (broad SMARTS) is 1. The van der Waals surface area contributed by atoms with Crippen molar-refractivity contribution in [2.75, 3.05) is 12.3 Å². The highest BCUT2D eigenvalue weighted by Crippen LogP contribution is 2.13. The van der Waals surface area contributed by atoms with Crippen LogP contribution in [0.25, 0.3) is 6.08 Å². The Kier molecular flexibility index (Phi) is 3.25. The maximum Gasteiger partial charge on any atom is 0.335 e. The van der Waals surface area contributed by atoms with Gasteiger partial charge in [-0.25, -0.2) is 4.79 Å². The number of anilines is 1. The van der Waals surface area contributed by atoms with Crippen LogP contribution in [0.1, 0.15) is 15.9 Å². The molecule has 0 radical (unpaired) electrons. The molecule has 0 aliphatic rings. The molecule has 0 saturated carbocycles. The van der Waals surface area contributed by atoms with Crippen LogP contribution in [-0.2, 0) is 0 Å². The number of nitrogen functional groups attached to an aromatic ring is 1. The topological polar surface area (TPSA) is 89.3 Å². The lowest BCUT2D eigenvalue weighted by Crippen LogP contribution is -1.99. The van der Waals surface area contributed by atoms with Crippen molar-refractivity contribution in [3.63, 3.8) is 0 Å². The number of benzene rings is 1. The number of rotatable bonds is 3. The quantitative estimate of drug-likeness (QED) is 0.622. The van der Waals surface area contributed by atoms with E-state index in [9.17, 15) is 4.79 Å². The summed E-state index contributed by atoms with van der Waals surface area (Å²) in [4.78, 5) is 10.7. The average molecular weight is 192 g/mol. The van der Waals surface area contributed by atoms with Gasteiger partial charge in [-0.2, -0.15) is 0 Å². The zero-order valence-corrected chi connectivity index (χ0v) is 7.60. The van der Waals surface area contributed by atoms with Gasteiger partial charge in [0.05, 0.1) is 5.56 Å². The SMILES string of the molecule is NCC=Cc1cc(N)cc(C(=O)O)c1. The van der Waals surface area contributed by atoms with E-state index in [-0.39, 0.29) is 5.56 Å². The summed E-state index contributed by atoms with van der Waals surface area (Å²) in [6, 6.07) is 4.66. The Hall–Kier alpha value is -1.81. The van der Waals surface area contributed by atoms with Crippen LogP contribution in [0.2, 0.25) is 0 Å². The van der Waals surface area contributed by atoms with E-state index >= 15 is 0 Å². The van der Waals surface area contributed by atoms with Gasteiger partial charge in [0.1, 0.15) is 0 Å². The zero-order valence-electron chi connectivity index (χ0n) is 7.60. The van der Waals surface area contributed by atoms with Crippen molar-refractivity contribution in [2.24, 2.45) is 5.73 Å². The fourth-order valence-electron chi connectivity index (χ4n) is 1.10. The number of carboxylic acids is 1. The molecule has 5 N–H and O–H groups in total. The Morgan fingerprint density at radius 1 is 1.43 bits per heavy atom. The summed E-state index contributed by atoms with van der Waals surface area (Å²) in [6.07, 6.45) is 3.48. The van der Waals surface area contributed by atoms with Gasteiger partial charge in [-0.3, -0.25) is 0 Å². The van der Waals surface area contributed by atoms with Crippen LogP contribution in [0.5, 0.6) is 0 Å². The molecule has 4 nitrogen and oxygen atoms in total. The molecule has 0 unspecified atom stereocenters. The fraction of sp³-hybridized carbons (Fsp3) is 0.100. The fourth-order valence-corrected chi connectivity index (χ4v) is 1.10. The molecule has 0 saturated heterocycles. The molecular formula is C10H12N2O2. The van der Waals surface area contributed by atoms with Crippen LogP contribution in [0.4, 0.5) is 5.69 Å². The van der Waals surface area contributed by atoms with Crippen molar-refractivity contribution in [1.82, 2.24) is 0 Å². The molecule has 0 atom stereocenters. The molecule has 0 fully saturated rings. The Morgan fingerprint density at radius 3 is 2.71 bits per heavy atom. The van der Waals surface area contributed by atoms with Gasteiger partial charge in [0.15, 0.2) is 0 Å². The van der Waals surface area contributed by atoms with E-state index in [1.165, 1.54) is 6.07 Å². The minimum Gasteiger partial charge on any atom is -0.478 e. The summed E-state index contributed by atoms with van der Waals surface area (Å²) in [6.45, 7) is 0.414. The molecule has 0 aromatic heterocycles. The average Bonchev–Trinajstić information content (AvgIpc) is 2.14. The van der Waals surface area contributed by atoms with Crippen LogP contribution < -0.4 is 11.5 Å². The summed E-state index contributed by atoms with van der Waals surface area (Å²) in [5.41, 5.74) is 12.2. The standard InChI is InChI=1S/C10H12N2O2/c11-3-1-2-7-4-8(10(13)14)6-9(12)5-7/h1-2,4-6H,3,11-12H2,(H,13,14). The molecule has 0 heterocycles. The predicted molar refractivity (Wildman–Crippen MR) is 55.9 cm³/mol. The van der Waals surface area contributed by atoms with Crippen molar-refractivity contribution >= 4 is 17.7 Å². The van der Waals surface area contributed by atoms with Crippen LogP contribution in [-0.4, -0.2) is 17.6 Å². The molecule has 0 aliphatic carbocycles. The van der Waals surface area contributed by atoms with Gasteiger partial charge in [0, 0.05) is 12.2 Å². The van der Waals surface area contributed by atoms with E-state index in [0.29, 0.717) is 12.2 Å². The first-order valence-electron chi connectivity index (χ1n) is 4.14. The first-order chi connectivity index (χ1) is 6.63. The molecule has 1 aromatic carbocycles. The smallest absolute Gasteiger partial charge is 0.335 e. The van der Waals surface area contributed by atoms with Gasteiger partial charge in [-0.1, -0.05) is 12.2 Å². The van der Waals surface area contributed by atoms with E-state index in [2.05, 4.69) is 0 Å². The van der Waals surface area contributed by atoms with Crippen LogP contribution in [0.15, 0.2) is 24.3 Å². The third-order valence-electron chi connectivity index (χ3n) is 1.67. The van der Waals surface area contributed by atoms with Crippen LogP contribution >= 0.6 is 0 Å². The van der Waals surface area contributed by atoms with Crippen molar-refractivity contribution in [3.8, 4) is 0 Å². The monoisotopic (exact) mass is 192 g/mol. The van der Waals surface area contributed by atoms with E-state index in [1.807, 2.05) is 0 Å². The van der Waals surface area contributed by atoms with Crippen LogP contribution in [0, 0.1) is 0 Å². The molecule has 14 heavy (non-hydrogen) atoms. The lowest BCUT2D eigenvalue weighted by Gasteiger charge is -2.00. The summed E-state index contributed by atoms with van der Waals surface area (Å²) < 4.78 is 0. The third kappa shape index (κ3) is 2.60. The summed E-state index contributed by atoms with van der Waals surface area (Å²) >= 11 is 0. The van der Waals surface area contributed by atoms with Crippen molar-refractivity contribution in [3.05, 3.63) is 35.4 Å². The minimum atomic E-state index is -0.986. The van der Waals surface area contributed by atoms with Gasteiger partial charge in [0.25, 0.3) is 0 Å². The van der Waals surface area contributed by atoms with E-state index < -0.39 is 5.97 Å². The van der Waals surface area contributed by atoms with Gasteiger partial charge in [-0.05, 0) is 23.8 Å². The largest absolute Gasteiger partial charge is 0.478 e. The number of nitrogens with two attached hydrogens (primary N) is 2. The van der Waals surface area contributed by atoms with Crippen LogP contribution in [0.3, 0.4) is 0 Å². The molecule has 4 heteroatoms. The van der Waals surface area contributed by atoms with Gasteiger partial charge in [0.2, 0.25) is 0 Å². The number of hydrogen-bond acceptors (Lipinski definition) is 3. The maximum absolute atomic E-state index is 10.7. The Bertz CT molecular complexity index is 372.